The lowest BCUT2D eigenvalue weighted by Crippen LogP contribution is -2.26. The number of phenols is 2. The molecule has 0 atom stereocenters. The molecule has 0 amide bonds. The quantitative estimate of drug-likeness (QED) is 0.422. The second kappa shape index (κ2) is 5.15. The van der Waals surface area contributed by atoms with Gasteiger partial charge < -0.3 is 15.9 Å². The van der Waals surface area contributed by atoms with Crippen LogP contribution in [0, 0.1) is 0 Å². The van der Waals surface area contributed by atoms with Crippen LogP contribution >= 0.6 is 0 Å². The fourth-order valence-corrected chi connectivity index (χ4v) is 2.16. The van der Waals surface area contributed by atoms with Gasteiger partial charge in [-0.15, -0.1) is 0 Å². The van der Waals surface area contributed by atoms with E-state index in [1.54, 1.807) is 0 Å². The highest BCUT2D eigenvalue weighted by atomic mass is 32.2. The van der Waals surface area contributed by atoms with Gasteiger partial charge in [0.05, 0.1) is 4.90 Å². The largest absolute Gasteiger partial charge is 0.504 e. The Labute approximate surface area is 93.8 Å². The van der Waals surface area contributed by atoms with Crippen LogP contribution in [0.3, 0.4) is 0 Å². The topological polar surface area (TPSA) is 113 Å². The number of nitrogens with two attached hydrogens (primary N) is 1. The molecule has 0 radical (unpaired) electrons. The van der Waals surface area contributed by atoms with Crippen molar-refractivity contribution in [2.75, 3.05) is 13.1 Å². The van der Waals surface area contributed by atoms with Crippen molar-refractivity contribution in [3.8, 4) is 11.5 Å². The molecule has 0 aromatic heterocycles. The first-order chi connectivity index (χ1) is 7.47. The molecule has 0 aliphatic carbocycles. The first-order valence-electron chi connectivity index (χ1n) is 4.69. The summed E-state index contributed by atoms with van der Waals surface area (Å²) in [5.41, 5.74) is 5.23. The van der Waals surface area contributed by atoms with Gasteiger partial charge in [0.25, 0.3) is 0 Å². The van der Waals surface area contributed by atoms with Crippen molar-refractivity contribution in [3.05, 3.63) is 18.2 Å². The first kappa shape index (κ1) is 12.8. The molecule has 0 spiro atoms. The van der Waals surface area contributed by atoms with Gasteiger partial charge in [0.2, 0.25) is 10.0 Å². The summed E-state index contributed by atoms with van der Waals surface area (Å²) >= 11 is 0. The lowest BCUT2D eigenvalue weighted by atomic mass is 10.3. The third-order valence-corrected chi connectivity index (χ3v) is 3.39. The van der Waals surface area contributed by atoms with E-state index < -0.39 is 15.8 Å². The van der Waals surface area contributed by atoms with Crippen LogP contribution in [0.2, 0.25) is 0 Å². The Bertz CT molecular complexity index is 459. The van der Waals surface area contributed by atoms with Crippen LogP contribution in [0.4, 0.5) is 0 Å². The minimum absolute atomic E-state index is 0.0974. The van der Waals surface area contributed by atoms with Crippen LogP contribution in [0.5, 0.6) is 11.5 Å². The molecule has 1 rings (SSSR count). The van der Waals surface area contributed by atoms with Gasteiger partial charge in [0.1, 0.15) is 0 Å². The Morgan fingerprint density at radius 2 is 1.94 bits per heavy atom. The molecule has 0 aliphatic rings. The van der Waals surface area contributed by atoms with Crippen molar-refractivity contribution in [2.24, 2.45) is 5.73 Å². The van der Waals surface area contributed by atoms with Crippen LogP contribution < -0.4 is 10.5 Å². The summed E-state index contributed by atoms with van der Waals surface area (Å²) in [7, 11) is -3.65. The van der Waals surface area contributed by atoms with Gasteiger partial charge in [0.15, 0.2) is 11.5 Å². The van der Waals surface area contributed by atoms with Gasteiger partial charge in [-0.05, 0) is 25.1 Å². The van der Waals surface area contributed by atoms with E-state index in [1.807, 2.05) is 0 Å². The normalized spacial score (nSPS) is 11.6. The Morgan fingerprint density at radius 1 is 1.25 bits per heavy atom. The number of phenolic OH excluding ortho intramolecular Hbond substituents is 2. The predicted molar refractivity (Wildman–Crippen MR) is 58.6 cm³/mol. The number of benzene rings is 1. The van der Waals surface area contributed by atoms with Crippen LogP contribution in [0.1, 0.15) is 6.42 Å². The SMILES string of the molecule is NCCCNS(=O)(=O)c1ccc(O)c(O)c1. The monoisotopic (exact) mass is 246 g/mol. The van der Waals surface area contributed by atoms with Crippen molar-refractivity contribution >= 4 is 10.0 Å². The maximum Gasteiger partial charge on any atom is 0.240 e. The fraction of sp³-hybridized carbons (Fsp3) is 0.333. The van der Waals surface area contributed by atoms with Gasteiger partial charge in [-0.3, -0.25) is 0 Å². The Kier molecular flexibility index (Phi) is 4.11. The summed E-state index contributed by atoms with van der Waals surface area (Å²) in [4.78, 5) is -0.0974. The lowest BCUT2D eigenvalue weighted by molar-refractivity contribution is 0.402. The minimum Gasteiger partial charge on any atom is -0.504 e. The molecule has 7 heteroatoms. The first-order valence-corrected chi connectivity index (χ1v) is 6.17. The van der Waals surface area contributed by atoms with Gasteiger partial charge in [0, 0.05) is 12.6 Å². The number of hydrogen-bond donors (Lipinski definition) is 4. The molecule has 0 bridgehead atoms. The summed E-state index contributed by atoms with van der Waals surface area (Å²) in [5, 5.41) is 18.2. The molecule has 6 nitrogen and oxygen atoms in total. The molecule has 1 aromatic carbocycles. The highest BCUT2D eigenvalue weighted by Gasteiger charge is 2.14. The van der Waals surface area contributed by atoms with E-state index in [1.165, 1.54) is 6.07 Å². The van der Waals surface area contributed by atoms with Gasteiger partial charge in [-0.1, -0.05) is 0 Å². The van der Waals surface area contributed by atoms with E-state index in [-0.39, 0.29) is 17.2 Å². The van der Waals surface area contributed by atoms with Gasteiger partial charge in [-0.2, -0.15) is 0 Å². The van der Waals surface area contributed by atoms with Crippen molar-refractivity contribution < 1.29 is 18.6 Å². The average molecular weight is 246 g/mol. The Morgan fingerprint density at radius 3 is 2.50 bits per heavy atom. The highest BCUT2D eigenvalue weighted by molar-refractivity contribution is 7.89. The van der Waals surface area contributed by atoms with E-state index in [0.717, 1.165) is 12.1 Å². The number of sulfonamides is 1. The molecule has 0 heterocycles. The minimum atomic E-state index is -3.65. The van der Waals surface area contributed by atoms with Crippen molar-refractivity contribution in [3.63, 3.8) is 0 Å². The molecular weight excluding hydrogens is 232 g/mol. The molecular formula is C9H14N2O4S. The molecule has 0 aliphatic heterocycles. The van der Waals surface area contributed by atoms with Crippen molar-refractivity contribution in [2.45, 2.75) is 11.3 Å². The van der Waals surface area contributed by atoms with E-state index in [9.17, 15) is 13.5 Å². The predicted octanol–water partition coefficient (Wildman–Crippen LogP) is -0.275. The molecule has 90 valence electrons. The zero-order valence-corrected chi connectivity index (χ0v) is 9.37. The summed E-state index contributed by atoms with van der Waals surface area (Å²) in [5.74, 6) is -0.831. The van der Waals surface area contributed by atoms with E-state index >= 15 is 0 Å². The summed E-state index contributed by atoms with van der Waals surface area (Å²) in [6.45, 7) is 0.629. The molecule has 5 N–H and O–H groups in total. The van der Waals surface area contributed by atoms with Crippen LogP contribution in [0.25, 0.3) is 0 Å². The van der Waals surface area contributed by atoms with E-state index in [2.05, 4.69) is 4.72 Å². The molecule has 0 saturated carbocycles. The summed E-state index contributed by atoms with van der Waals surface area (Å²) in [6.07, 6.45) is 0.531. The third-order valence-electron chi connectivity index (χ3n) is 1.93. The molecule has 0 saturated heterocycles. The number of hydrogen-bond acceptors (Lipinski definition) is 5. The zero-order valence-electron chi connectivity index (χ0n) is 8.55. The molecule has 0 fully saturated rings. The number of aromatic hydroxyl groups is 2. The summed E-state index contributed by atoms with van der Waals surface area (Å²) in [6, 6.07) is 3.31. The maximum absolute atomic E-state index is 11.6. The smallest absolute Gasteiger partial charge is 0.240 e. The highest BCUT2D eigenvalue weighted by Crippen LogP contribution is 2.26. The third kappa shape index (κ3) is 3.09. The Balaban J connectivity index is 2.86. The van der Waals surface area contributed by atoms with Crippen LogP contribution in [-0.2, 0) is 10.0 Å². The Hall–Kier alpha value is -1.31. The van der Waals surface area contributed by atoms with Crippen LogP contribution in [0.15, 0.2) is 23.1 Å². The van der Waals surface area contributed by atoms with Crippen molar-refractivity contribution in [1.82, 2.24) is 4.72 Å². The standard InChI is InChI=1S/C9H14N2O4S/c10-4-1-5-11-16(14,15)7-2-3-8(12)9(13)6-7/h2-3,6,11-13H,1,4-5,10H2. The zero-order chi connectivity index (χ0) is 12.2. The second-order valence-electron chi connectivity index (χ2n) is 3.19. The maximum atomic E-state index is 11.6. The lowest BCUT2D eigenvalue weighted by Gasteiger charge is -2.06. The number of nitrogens with one attached hydrogen (secondary N) is 1. The van der Waals surface area contributed by atoms with Gasteiger partial charge >= 0.3 is 0 Å². The summed E-state index contributed by atoms with van der Waals surface area (Å²) < 4.78 is 25.6. The number of rotatable bonds is 5. The average Bonchev–Trinajstić information content (AvgIpc) is 2.22. The van der Waals surface area contributed by atoms with Crippen molar-refractivity contribution in [1.29, 1.82) is 0 Å². The van der Waals surface area contributed by atoms with Crippen LogP contribution in [-0.4, -0.2) is 31.7 Å². The van der Waals surface area contributed by atoms with E-state index in [0.29, 0.717) is 13.0 Å². The van der Waals surface area contributed by atoms with E-state index in [4.69, 9.17) is 10.8 Å². The molecule has 1 aromatic rings. The molecule has 16 heavy (non-hydrogen) atoms. The van der Waals surface area contributed by atoms with Gasteiger partial charge in [-0.25, -0.2) is 13.1 Å². The molecule has 0 unspecified atom stereocenters. The fourth-order valence-electron chi connectivity index (χ4n) is 1.06. The second-order valence-corrected chi connectivity index (χ2v) is 4.96.